The van der Waals surface area contributed by atoms with Gasteiger partial charge in [0.05, 0.1) is 6.54 Å². The largest absolute Gasteiger partial charge is 0.508 e. The van der Waals surface area contributed by atoms with Gasteiger partial charge in [0.2, 0.25) is 5.91 Å². The van der Waals surface area contributed by atoms with Crippen molar-refractivity contribution < 1.29 is 9.90 Å². The Balaban J connectivity index is 1.59. The molecule has 0 spiro atoms. The van der Waals surface area contributed by atoms with Gasteiger partial charge >= 0.3 is 0 Å². The molecule has 1 aliphatic carbocycles. The van der Waals surface area contributed by atoms with Gasteiger partial charge in [-0.2, -0.15) is 0 Å². The van der Waals surface area contributed by atoms with Gasteiger partial charge in [0.15, 0.2) is 0 Å². The van der Waals surface area contributed by atoms with E-state index in [1.165, 1.54) is 11.1 Å². The quantitative estimate of drug-likeness (QED) is 0.868. The minimum atomic E-state index is 0.213. The fourth-order valence-electron chi connectivity index (χ4n) is 3.10. The summed E-state index contributed by atoms with van der Waals surface area (Å²) in [6.45, 7) is 2.25. The first kappa shape index (κ1) is 12.5. The molecule has 4 nitrogen and oxygen atoms in total. The number of carbonyl (C=O) groups is 1. The lowest BCUT2D eigenvalue weighted by molar-refractivity contribution is -0.129. The molecule has 1 atom stereocenters. The van der Waals surface area contributed by atoms with Crippen molar-refractivity contribution >= 4 is 5.91 Å². The molecule has 0 saturated carbocycles. The first-order valence-electron chi connectivity index (χ1n) is 7.07. The van der Waals surface area contributed by atoms with Crippen LogP contribution in [0.5, 0.6) is 5.75 Å². The number of aryl methyl sites for hydroxylation is 1. The summed E-state index contributed by atoms with van der Waals surface area (Å²) in [5.74, 6) is 0.539. The molecule has 19 heavy (non-hydrogen) atoms. The summed E-state index contributed by atoms with van der Waals surface area (Å²) in [7, 11) is 0. The van der Waals surface area contributed by atoms with Crippen molar-refractivity contribution in [3.63, 3.8) is 0 Å². The molecule has 4 heteroatoms. The molecule has 1 aliphatic heterocycles. The molecule has 2 N–H and O–H groups in total. The van der Waals surface area contributed by atoms with Gasteiger partial charge in [0, 0.05) is 19.1 Å². The summed E-state index contributed by atoms with van der Waals surface area (Å²) < 4.78 is 0. The van der Waals surface area contributed by atoms with Crippen LogP contribution < -0.4 is 5.32 Å². The summed E-state index contributed by atoms with van der Waals surface area (Å²) >= 11 is 0. The normalized spacial score (nSPS) is 21.7. The molecule has 0 bridgehead atoms. The molecule has 0 aromatic heterocycles. The Kier molecular flexibility index (Phi) is 3.42. The maximum absolute atomic E-state index is 12.0. The first-order chi connectivity index (χ1) is 9.24. The third-order valence-corrected chi connectivity index (χ3v) is 4.16. The van der Waals surface area contributed by atoms with E-state index in [2.05, 4.69) is 5.32 Å². The van der Waals surface area contributed by atoms with E-state index >= 15 is 0 Å². The van der Waals surface area contributed by atoms with Crippen LogP contribution in [-0.4, -0.2) is 35.5 Å². The number of phenols is 1. The molecule has 102 valence electrons. The van der Waals surface area contributed by atoms with E-state index in [4.69, 9.17) is 0 Å². The number of amides is 1. The van der Waals surface area contributed by atoms with Crippen molar-refractivity contribution in [2.24, 2.45) is 0 Å². The van der Waals surface area contributed by atoms with E-state index in [9.17, 15) is 9.90 Å². The number of aromatic hydroxyl groups is 1. The van der Waals surface area contributed by atoms with Gasteiger partial charge < -0.3 is 15.3 Å². The van der Waals surface area contributed by atoms with Crippen LogP contribution in [0.25, 0.3) is 0 Å². The number of fused-ring (bicyclic) bond motifs is 1. The molecule has 3 rings (SSSR count). The summed E-state index contributed by atoms with van der Waals surface area (Å²) in [4.78, 5) is 13.9. The van der Waals surface area contributed by atoms with E-state index in [1.54, 1.807) is 6.07 Å². The third-order valence-electron chi connectivity index (χ3n) is 4.16. The van der Waals surface area contributed by atoms with Crippen LogP contribution in [0.3, 0.4) is 0 Å². The lowest BCUT2D eigenvalue weighted by atomic mass is 10.1. The van der Waals surface area contributed by atoms with E-state index in [1.807, 2.05) is 17.0 Å². The fourth-order valence-corrected chi connectivity index (χ4v) is 3.10. The van der Waals surface area contributed by atoms with E-state index < -0.39 is 0 Å². The zero-order valence-electron chi connectivity index (χ0n) is 11.1. The van der Waals surface area contributed by atoms with Crippen LogP contribution in [0.2, 0.25) is 0 Å². The van der Waals surface area contributed by atoms with Crippen molar-refractivity contribution in [3.8, 4) is 5.75 Å². The Morgan fingerprint density at radius 2 is 2.16 bits per heavy atom. The Hall–Kier alpha value is -1.55. The van der Waals surface area contributed by atoms with Gasteiger partial charge in [-0.1, -0.05) is 6.07 Å². The van der Waals surface area contributed by atoms with Gasteiger partial charge in [-0.25, -0.2) is 0 Å². The predicted octanol–water partition coefficient (Wildman–Crippen LogP) is 1.59. The van der Waals surface area contributed by atoms with Gasteiger partial charge in [-0.05, 0) is 48.9 Å². The third kappa shape index (κ3) is 2.59. The van der Waals surface area contributed by atoms with E-state index in [-0.39, 0.29) is 11.9 Å². The maximum atomic E-state index is 12.0. The Labute approximate surface area is 113 Å². The molecular weight excluding hydrogens is 240 g/mol. The number of hydrogen-bond donors (Lipinski definition) is 2. The number of nitrogens with one attached hydrogen (secondary N) is 1. The monoisotopic (exact) mass is 260 g/mol. The lowest BCUT2D eigenvalue weighted by Crippen LogP contribution is -2.37. The van der Waals surface area contributed by atoms with E-state index in [0.29, 0.717) is 12.3 Å². The molecule has 0 radical (unpaired) electrons. The highest BCUT2D eigenvalue weighted by Gasteiger charge is 2.24. The Bertz CT molecular complexity index is 481. The summed E-state index contributed by atoms with van der Waals surface area (Å²) in [5.41, 5.74) is 2.43. The number of benzene rings is 1. The van der Waals surface area contributed by atoms with Crippen molar-refractivity contribution in [3.05, 3.63) is 29.3 Å². The summed E-state index contributed by atoms with van der Waals surface area (Å²) in [5, 5.41) is 12.8. The standard InChI is InChI=1S/C15H20N2O2/c18-12-4-5-13-11(9-12)3-6-14(13)16-10-15(19)17-7-1-2-8-17/h4-5,9,14,16,18H,1-3,6-8,10H2. The Morgan fingerprint density at radius 1 is 1.37 bits per heavy atom. The predicted molar refractivity (Wildman–Crippen MR) is 73.0 cm³/mol. The lowest BCUT2D eigenvalue weighted by Gasteiger charge is -2.18. The van der Waals surface area contributed by atoms with Crippen LogP contribution in [0, 0.1) is 0 Å². The minimum Gasteiger partial charge on any atom is -0.508 e. The average Bonchev–Trinajstić information content (AvgIpc) is 3.05. The van der Waals surface area contributed by atoms with E-state index in [0.717, 1.165) is 38.8 Å². The molecule has 1 saturated heterocycles. The average molecular weight is 260 g/mol. The zero-order chi connectivity index (χ0) is 13.2. The van der Waals surface area contributed by atoms with Crippen LogP contribution in [0.1, 0.15) is 36.4 Å². The highest BCUT2D eigenvalue weighted by atomic mass is 16.3. The molecule has 1 unspecified atom stereocenters. The van der Waals surface area contributed by atoms with Crippen LogP contribution in [0.4, 0.5) is 0 Å². The number of carbonyl (C=O) groups excluding carboxylic acids is 1. The molecular formula is C15H20N2O2. The maximum Gasteiger partial charge on any atom is 0.236 e. The molecule has 2 aliphatic rings. The topological polar surface area (TPSA) is 52.6 Å². The zero-order valence-corrected chi connectivity index (χ0v) is 11.1. The van der Waals surface area contributed by atoms with Gasteiger partial charge in [-0.15, -0.1) is 0 Å². The number of phenolic OH excluding ortho intramolecular Hbond substituents is 1. The smallest absolute Gasteiger partial charge is 0.236 e. The van der Waals surface area contributed by atoms with Crippen molar-refractivity contribution in [1.29, 1.82) is 0 Å². The fraction of sp³-hybridized carbons (Fsp3) is 0.533. The molecule has 1 aromatic rings. The second-order valence-electron chi connectivity index (χ2n) is 5.44. The van der Waals surface area contributed by atoms with Crippen molar-refractivity contribution in [2.45, 2.75) is 31.7 Å². The van der Waals surface area contributed by atoms with Crippen molar-refractivity contribution in [2.75, 3.05) is 19.6 Å². The second-order valence-corrected chi connectivity index (χ2v) is 5.44. The number of nitrogens with zero attached hydrogens (tertiary/aromatic N) is 1. The van der Waals surface area contributed by atoms with Crippen LogP contribution in [-0.2, 0) is 11.2 Å². The van der Waals surface area contributed by atoms with Crippen molar-refractivity contribution in [1.82, 2.24) is 10.2 Å². The second kappa shape index (κ2) is 5.21. The van der Waals surface area contributed by atoms with Gasteiger partial charge in [0.1, 0.15) is 5.75 Å². The van der Waals surface area contributed by atoms with Crippen LogP contribution in [0.15, 0.2) is 18.2 Å². The number of likely N-dealkylation sites (tertiary alicyclic amines) is 1. The number of rotatable bonds is 3. The van der Waals surface area contributed by atoms with Crippen LogP contribution >= 0.6 is 0 Å². The molecule has 1 fully saturated rings. The molecule has 1 amide bonds. The first-order valence-corrected chi connectivity index (χ1v) is 7.07. The minimum absolute atomic E-state index is 0.213. The summed E-state index contributed by atoms with van der Waals surface area (Å²) in [6.07, 6.45) is 4.25. The van der Waals surface area contributed by atoms with Gasteiger partial charge in [0.25, 0.3) is 0 Å². The highest BCUT2D eigenvalue weighted by molar-refractivity contribution is 5.78. The summed E-state index contributed by atoms with van der Waals surface area (Å²) in [6, 6.07) is 5.78. The Morgan fingerprint density at radius 3 is 2.95 bits per heavy atom. The number of hydrogen-bond acceptors (Lipinski definition) is 3. The SMILES string of the molecule is O=C(CNC1CCc2cc(O)ccc21)N1CCCC1. The highest BCUT2D eigenvalue weighted by Crippen LogP contribution is 2.33. The van der Waals surface area contributed by atoms with Gasteiger partial charge in [-0.3, -0.25) is 4.79 Å². The molecule has 1 heterocycles. The molecule has 1 aromatic carbocycles.